The van der Waals surface area contributed by atoms with Gasteiger partial charge < -0.3 is 34.1 Å². The Balaban J connectivity index is 1.81. The molecule has 0 saturated carbocycles. The number of carbonyl (C=O) groups is 3. The summed E-state index contributed by atoms with van der Waals surface area (Å²) in [7, 11) is 0. The minimum atomic E-state index is -0.888. The molecule has 1 rings (SSSR count). The van der Waals surface area contributed by atoms with Crippen molar-refractivity contribution in [1.82, 2.24) is 5.32 Å². The Morgan fingerprint density at radius 2 is 1.28 bits per heavy atom. The van der Waals surface area contributed by atoms with E-state index in [2.05, 4.69) is 5.32 Å². The maximum absolute atomic E-state index is 11.7. The minimum absolute atomic E-state index is 0.0172. The zero-order valence-electron chi connectivity index (χ0n) is 18.3. The zero-order chi connectivity index (χ0) is 23.3. The maximum atomic E-state index is 11.7. The van der Waals surface area contributed by atoms with Crippen LogP contribution < -0.4 is 5.32 Å². The predicted octanol–water partition coefficient (Wildman–Crippen LogP) is 1.17. The fourth-order valence-electron chi connectivity index (χ4n) is 2.30. The van der Waals surface area contributed by atoms with E-state index >= 15 is 0 Å². The van der Waals surface area contributed by atoms with E-state index in [4.69, 9.17) is 28.8 Å². The highest BCUT2D eigenvalue weighted by Crippen LogP contribution is 2.02. The van der Waals surface area contributed by atoms with E-state index in [0.29, 0.717) is 52.8 Å². The van der Waals surface area contributed by atoms with Crippen LogP contribution in [0.2, 0.25) is 0 Å². The fourth-order valence-corrected chi connectivity index (χ4v) is 2.30. The molecule has 0 aromatic heterocycles. The first-order valence-electron chi connectivity index (χ1n) is 10.6. The molecule has 1 aromatic rings. The van der Waals surface area contributed by atoms with E-state index in [1.54, 1.807) is 0 Å². The van der Waals surface area contributed by atoms with Gasteiger partial charge in [0.25, 0.3) is 0 Å². The summed E-state index contributed by atoms with van der Waals surface area (Å²) in [6, 6.07) is 9.35. The van der Waals surface area contributed by atoms with Crippen molar-refractivity contribution in [3.63, 3.8) is 0 Å². The zero-order valence-corrected chi connectivity index (χ0v) is 18.3. The normalized spacial score (nSPS) is 10.6. The molecule has 0 fully saturated rings. The molecule has 0 aliphatic heterocycles. The van der Waals surface area contributed by atoms with Gasteiger partial charge in [0.15, 0.2) is 0 Å². The standard InChI is InChI=1S/C22H33NO9/c24-20(6-7-22(27)32-18-19-4-2-1-3-5-19)23-9-11-29-13-15-31-17-16-30-14-12-28-10-8-21(25)26/h1-5H,6-18H2,(H,23,24)(H,25,26). The maximum Gasteiger partial charge on any atom is 0.306 e. The third-order valence-electron chi connectivity index (χ3n) is 3.94. The van der Waals surface area contributed by atoms with Crippen LogP contribution in [0.5, 0.6) is 0 Å². The lowest BCUT2D eigenvalue weighted by atomic mass is 10.2. The monoisotopic (exact) mass is 455 g/mol. The molecule has 0 atom stereocenters. The van der Waals surface area contributed by atoms with E-state index in [1.807, 2.05) is 30.3 Å². The van der Waals surface area contributed by atoms with Crippen LogP contribution in [0, 0.1) is 0 Å². The second-order valence-electron chi connectivity index (χ2n) is 6.59. The molecule has 0 heterocycles. The van der Waals surface area contributed by atoms with E-state index in [1.165, 1.54) is 0 Å². The number of benzene rings is 1. The lowest BCUT2D eigenvalue weighted by Gasteiger charge is -2.08. The predicted molar refractivity (Wildman–Crippen MR) is 114 cm³/mol. The van der Waals surface area contributed by atoms with E-state index in [9.17, 15) is 14.4 Å². The number of hydrogen-bond acceptors (Lipinski definition) is 8. The number of aliphatic carboxylic acids is 1. The highest BCUT2D eigenvalue weighted by Gasteiger charge is 2.08. The third-order valence-corrected chi connectivity index (χ3v) is 3.94. The van der Waals surface area contributed by atoms with Gasteiger partial charge >= 0.3 is 11.9 Å². The SMILES string of the molecule is O=C(O)CCOCCOCCOCCOCCNC(=O)CCC(=O)OCc1ccccc1. The highest BCUT2D eigenvalue weighted by molar-refractivity contribution is 5.81. The van der Waals surface area contributed by atoms with E-state index in [-0.39, 0.29) is 38.4 Å². The largest absolute Gasteiger partial charge is 0.481 e. The Kier molecular flexibility index (Phi) is 16.5. The molecular formula is C22H33NO9. The molecule has 180 valence electrons. The fraction of sp³-hybridized carbons (Fsp3) is 0.591. The number of nitrogens with one attached hydrogen (secondary N) is 1. The number of rotatable bonds is 20. The molecule has 10 nitrogen and oxygen atoms in total. The van der Waals surface area contributed by atoms with Crippen molar-refractivity contribution in [3.05, 3.63) is 35.9 Å². The molecule has 0 aliphatic rings. The van der Waals surface area contributed by atoms with Crippen molar-refractivity contribution in [2.24, 2.45) is 0 Å². The number of amides is 1. The van der Waals surface area contributed by atoms with Gasteiger partial charge in [-0.3, -0.25) is 14.4 Å². The van der Waals surface area contributed by atoms with Crippen molar-refractivity contribution >= 4 is 17.8 Å². The van der Waals surface area contributed by atoms with Crippen LogP contribution in [0.15, 0.2) is 30.3 Å². The molecule has 2 N–H and O–H groups in total. The first-order chi connectivity index (χ1) is 15.6. The van der Waals surface area contributed by atoms with Crippen LogP contribution in [-0.4, -0.2) is 82.4 Å². The topological polar surface area (TPSA) is 130 Å². The molecule has 0 bridgehead atoms. The summed E-state index contributed by atoms with van der Waals surface area (Å²) >= 11 is 0. The Morgan fingerprint density at radius 3 is 1.88 bits per heavy atom. The molecule has 1 amide bonds. The number of esters is 1. The van der Waals surface area contributed by atoms with Crippen molar-refractivity contribution in [3.8, 4) is 0 Å². The summed E-state index contributed by atoms with van der Waals surface area (Å²) in [5, 5.41) is 11.1. The van der Waals surface area contributed by atoms with Gasteiger partial charge in [-0.15, -0.1) is 0 Å². The smallest absolute Gasteiger partial charge is 0.306 e. The van der Waals surface area contributed by atoms with Gasteiger partial charge in [0.2, 0.25) is 5.91 Å². The Hall–Kier alpha value is -2.53. The van der Waals surface area contributed by atoms with Crippen LogP contribution in [0.25, 0.3) is 0 Å². The van der Waals surface area contributed by atoms with Gasteiger partial charge in [0, 0.05) is 13.0 Å². The van der Waals surface area contributed by atoms with Crippen LogP contribution in [0.4, 0.5) is 0 Å². The number of carbonyl (C=O) groups excluding carboxylic acids is 2. The summed E-state index contributed by atoms with van der Waals surface area (Å²) in [5.41, 5.74) is 0.901. The summed E-state index contributed by atoms with van der Waals surface area (Å²) < 4.78 is 26.2. The first kappa shape index (κ1) is 27.5. The van der Waals surface area contributed by atoms with E-state index in [0.717, 1.165) is 5.56 Å². The average Bonchev–Trinajstić information content (AvgIpc) is 2.79. The van der Waals surface area contributed by atoms with Gasteiger partial charge in [-0.2, -0.15) is 0 Å². The van der Waals surface area contributed by atoms with Crippen molar-refractivity contribution in [1.29, 1.82) is 0 Å². The highest BCUT2D eigenvalue weighted by atomic mass is 16.6. The molecule has 0 unspecified atom stereocenters. The molecule has 0 spiro atoms. The summed E-state index contributed by atoms with van der Waals surface area (Å²) in [6.07, 6.45) is 0.0852. The molecule has 0 saturated heterocycles. The summed E-state index contributed by atoms with van der Waals surface area (Å²) in [4.78, 5) is 33.7. The number of carboxylic acids is 1. The average molecular weight is 456 g/mol. The Labute approximate surface area is 188 Å². The lowest BCUT2D eigenvalue weighted by molar-refractivity contribution is -0.146. The molecular weight excluding hydrogens is 422 g/mol. The summed E-state index contributed by atoms with van der Waals surface area (Å²) in [6.45, 7) is 3.41. The second-order valence-corrected chi connectivity index (χ2v) is 6.59. The van der Waals surface area contributed by atoms with Gasteiger partial charge in [-0.25, -0.2) is 0 Å². The van der Waals surface area contributed by atoms with Crippen LogP contribution in [0.1, 0.15) is 24.8 Å². The van der Waals surface area contributed by atoms with Crippen molar-refractivity contribution in [2.75, 3.05) is 59.4 Å². The Bertz CT molecular complexity index is 640. The molecule has 1 aromatic carbocycles. The minimum Gasteiger partial charge on any atom is -0.481 e. The second kappa shape index (κ2) is 19.2. The molecule has 0 aliphatic carbocycles. The van der Waals surface area contributed by atoms with Crippen molar-refractivity contribution < 1.29 is 43.2 Å². The number of carboxylic acid groups (broad SMARTS) is 1. The summed E-state index contributed by atoms with van der Waals surface area (Å²) in [5.74, 6) is -1.53. The number of ether oxygens (including phenoxy) is 5. The number of hydrogen-bond donors (Lipinski definition) is 2. The van der Waals surface area contributed by atoms with Gasteiger partial charge in [0.05, 0.1) is 65.7 Å². The molecule has 32 heavy (non-hydrogen) atoms. The van der Waals surface area contributed by atoms with Gasteiger partial charge in [-0.1, -0.05) is 30.3 Å². The Morgan fingerprint density at radius 1 is 0.719 bits per heavy atom. The molecule has 0 radical (unpaired) electrons. The van der Waals surface area contributed by atoms with E-state index < -0.39 is 11.9 Å². The van der Waals surface area contributed by atoms with Gasteiger partial charge in [-0.05, 0) is 5.56 Å². The first-order valence-corrected chi connectivity index (χ1v) is 10.6. The molecule has 10 heteroatoms. The van der Waals surface area contributed by atoms with Crippen LogP contribution in [0.3, 0.4) is 0 Å². The lowest BCUT2D eigenvalue weighted by Crippen LogP contribution is -2.28. The van der Waals surface area contributed by atoms with Gasteiger partial charge in [0.1, 0.15) is 6.61 Å². The van der Waals surface area contributed by atoms with Crippen molar-refractivity contribution in [2.45, 2.75) is 25.9 Å². The quantitative estimate of drug-likeness (QED) is 0.220. The van der Waals surface area contributed by atoms with Crippen LogP contribution >= 0.6 is 0 Å². The third kappa shape index (κ3) is 17.2. The van der Waals surface area contributed by atoms with Crippen LogP contribution in [-0.2, 0) is 44.7 Å².